The Morgan fingerprint density at radius 2 is 2.38 bits per heavy atom. The largest absolute Gasteiger partial charge is 0.394 e. The molecule has 2 aromatic rings. The lowest BCUT2D eigenvalue weighted by Gasteiger charge is -2.19. The standard InChI is InChI=1S/C17H21FN4O3S/c1-26-6-5-11(9-23)19-17(25)10-7-14(24)22(8-10)16-15-12(18)3-2-4-13(15)20-21-16/h2-4,10-11,23H,5-9H2,1H3,(H,19,25)(H,20,21)/t10-,11-/m0/s1. The number of hydrogen-bond acceptors (Lipinski definition) is 5. The summed E-state index contributed by atoms with van der Waals surface area (Å²) < 4.78 is 14.1. The second-order valence-corrected chi connectivity index (χ2v) is 7.27. The van der Waals surface area contributed by atoms with Gasteiger partial charge in [-0.2, -0.15) is 16.9 Å². The number of benzene rings is 1. The van der Waals surface area contributed by atoms with Crippen molar-refractivity contribution in [3.05, 3.63) is 24.0 Å². The molecule has 1 aromatic heterocycles. The third kappa shape index (κ3) is 3.68. The van der Waals surface area contributed by atoms with Gasteiger partial charge in [-0.25, -0.2) is 4.39 Å². The van der Waals surface area contributed by atoms with E-state index in [9.17, 15) is 19.1 Å². The van der Waals surface area contributed by atoms with Crippen LogP contribution in [0, 0.1) is 11.7 Å². The van der Waals surface area contributed by atoms with Crippen LogP contribution in [0.3, 0.4) is 0 Å². The maximum atomic E-state index is 14.1. The predicted molar refractivity (Wildman–Crippen MR) is 98.5 cm³/mol. The Kier molecular flexibility index (Phi) is 5.77. The van der Waals surface area contributed by atoms with Crippen LogP contribution in [0.15, 0.2) is 18.2 Å². The molecule has 2 atom stereocenters. The zero-order chi connectivity index (χ0) is 18.7. The second-order valence-electron chi connectivity index (χ2n) is 6.28. The molecule has 2 amide bonds. The Bertz CT molecular complexity index is 812. The number of thioether (sulfide) groups is 1. The molecule has 0 radical (unpaired) electrons. The van der Waals surface area contributed by atoms with Gasteiger partial charge in [0.25, 0.3) is 0 Å². The van der Waals surface area contributed by atoms with E-state index in [-0.39, 0.29) is 48.6 Å². The number of anilines is 1. The second kappa shape index (κ2) is 8.05. The van der Waals surface area contributed by atoms with E-state index in [1.54, 1.807) is 23.9 Å². The maximum Gasteiger partial charge on any atom is 0.229 e. The third-order valence-corrected chi connectivity index (χ3v) is 5.15. The van der Waals surface area contributed by atoms with Crippen molar-refractivity contribution in [2.75, 3.05) is 30.1 Å². The molecule has 3 N–H and O–H groups in total. The molecule has 26 heavy (non-hydrogen) atoms. The van der Waals surface area contributed by atoms with Crippen LogP contribution in [0.25, 0.3) is 10.9 Å². The minimum absolute atomic E-state index is 0.0370. The van der Waals surface area contributed by atoms with Crippen LogP contribution < -0.4 is 10.2 Å². The number of aromatic nitrogens is 2. The average Bonchev–Trinajstić information content (AvgIpc) is 3.22. The lowest BCUT2D eigenvalue weighted by atomic mass is 10.1. The van der Waals surface area contributed by atoms with Crippen molar-refractivity contribution >= 4 is 40.3 Å². The van der Waals surface area contributed by atoms with Crippen LogP contribution >= 0.6 is 11.8 Å². The van der Waals surface area contributed by atoms with Gasteiger partial charge in [-0.15, -0.1) is 0 Å². The van der Waals surface area contributed by atoms with Crippen molar-refractivity contribution < 1.29 is 19.1 Å². The number of amides is 2. The molecular formula is C17H21FN4O3S. The lowest BCUT2D eigenvalue weighted by Crippen LogP contribution is -2.42. The summed E-state index contributed by atoms with van der Waals surface area (Å²) in [4.78, 5) is 26.2. The van der Waals surface area contributed by atoms with Crippen LogP contribution in [0.1, 0.15) is 12.8 Å². The molecule has 2 heterocycles. The fraction of sp³-hybridized carbons (Fsp3) is 0.471. The monoisotopic (exact) mass is 380 g/mol. The quantitative estimate of drug-likeness (QED) is 0.672. The van der Waals surface area contributed by atoms with Crippen molar-refractivity contribution in [1.82, 2.24) is 15.5 Å². The van der Waals surface area contributed by atoms with E-state index < -0.39 is 11.7 Å². The summed E-state index contributed by atoms with van der Waals surface area (Å²) >= 11 is 1.63. The molecule has 0 bridgehead atoms. The van der Waals surface area contributed by atoms with E-state index in [1.807, 2.05) is 6.26 Å². The molecule has 7 nitrogen and oxygen atoms in total. The van der Waals surface area contributed by atoms with E-state index >= 15 is 0 Å². The van der Waals surface area contributed by atoms with Gasteiger partial charge in [-0.3, -0.25) is 19.6 Å². The minimum Gasteiger partial charge on any atom is -0.394 e. The van der Waals surface area contributed by atoms with Gasteiger partial charge in [0.15, 0.2) is 5.82 Å². The lowest BCUT2D eigenvalue weighted by molar-refractivity contribution is -0.127. The first kappa shape index (κ1) is 18.7. The third-order valence-electron chi connectivity index (χ3n) is 4.51. The number of hydrogen-bond donors (Lipinski definition) is 3. The summed E-state index contributed by atoms with van der Waals surface area (Å²) in [6.45, 7) is -0.00841. The minimum atomic E-state index is -0.552. The van der Waals surface area contributed by atoms with Gasteiger partial charge in [0.05, 0.1) is 29.5 Å². The molecule has 0 saturated carbocycles. The normalized spacial score (nSPS) is 18.5. The number of aliphatic hydroxyl groups excluding tert-OH is 1. The Balaban J connectivity index is 1.73. The van der Waals surface area contributed by atoms with Crippen molar-refractivity contribution in [1.29, 1.82) is 0 Å². The Labute approximate surface area is 154 Å². The number of halogens is 1. The molecule has 140 valence electrons. The number of rotatable bonds is 7. The molecule has 0 aliphatic carbocycles. The number of aliphatic hydroxyl groups is 1. The molecule has 1 aromatic carbocycles. The molecule has 0 spiro atoms. The van der Waals surface area contributed by atoms with Gasteiger partial charge in [0.2, 0.25) is 11.8 Å². The van der Waals surface area contributed by atoms with Crippen molar-refractivity contribution in [3.8, 4) is 0 Å². The van der Waals surface area contributed by atoms with Gasteiger partial charge in [-0.05, 0) is 30.6 Å². The number of nitrogens with one attached hydrogen (secondary N) is 2. The number of carbonyl (C=O) groups is 2. The molecule has 1 aliphatic rings. The SMILES string of the molecule is CSCC[C@@H](CO)NC(=O)[C@H]1CC(=O)N(c2n[nH]c3cccc(F)c23)C1. The molecule has 9 heteroatoms. The molecular weight excluding hydrogens is 359 g/mol. The number of aromatic amines is 1. The van der Waals surface area contributed by atoms with Gasteiger partial charge in [-0.1, -0.05) is 6.07 Å². The van der Waals surface area contributed by atoms with Gasteiger partial charge >= 0.3 is 0 Å². The number of nitrogens with zero attached hydrogens (tertiary/aromatic N) is 2. The molecule has 1 saturated heterocycles. The number of H-pyrrole nitrogens is 1. The summed E-state index contributed by atoms with van der Waals surface area (Å²) in [7, 11) is 0. The molecule has 1 aliphatic heterocycles. The van der Waals surface area contributed by atoms with Gasteiger partial charge < -0.3 is 10.4 Å². The molecule has 1 fully saturated rings. The Morgan fingerprint density at radius 3 is 3.12 bits per heavy atom. The first-order chi connectivity index (χ1) is 12.5. The first-order valence-electron chi connectivity index (χ1n) is 8.38. The Hall–Kier alpha value is -2.13. The molecule has 0 unspecified atom stereocenters. The smallest absolute Gasteiger partial charge is 0.229 e. The highest BCUT2D eigenvalue weighted by molar-refractivity contribution is 7.98. The summed E-state index contributed by atoms with van der Waals surface area (Å²) in [5.41, 5.74) is 0.498. The fourth-order valence-electron chi connectivity index (χ4n) is 3.09. The zero-order valence-corrected chi connectivity index (χ0v) is 15.2. The highest BCUT2D eigenvalue weighted by atomic mass is 32.2. The molecule has 3 rings (SSSR count). The van der Waals surface area contributed by atoms with Crippen molar-refractivity contribution in [2.45, 2.75) is 18.9 Å². The van der Waals surface area contributed by atoms with E-state index in [4.69, 9.17) is 0 Å². The van der Waals surface area contributed by atoms with Crippen LogP contribution in [0.4, 0.5) is 10.2 Å². The first-order valence-corrected chi connectivity index (χ1v) is 9.77. The van der Waals surface area contributed by atoms with E-state index in [0.717, 1.165) is 5.75 Å². The highest BCUT2D eigenvalue weighted by Crippen LogP contribution is 2.31. The van der Waals surface area contributed by atoms with Crippen LogP contribution in [-0.4, -0.2) is 58.3 Å². The van der Waals surface area contributed by atoms with Crippen LogP contribution in [0.5, 0.6) is 0 Å². The zero-order valence-electron chi connectivity index (χ0n) is 14.4. The van der Waals surface area contributed by atoms with E-state index in [2.05, 4.69) is 15.5 Å². The Morgan fingerprint density at radius 1 is 1.58 bits per heavy atom. The maximum absolute atomic E-state index is 14.1. The van der Waals surface area contributed by atoms with E-state index in [1.165, 1.54) is 11.0 Å². The van der Waals surface area contributed by atoms with Gasteiger partial charge in [0.1, 0.15) is 5.82 Å². The summed E-state index contributed by atoms with van der Waals surface area (Å²) in [5.74, 6) is -0.541. The number of carbonyl (C=O) groups excluding carboxylic acids is 2. The predicted octanol–water partition coefficient (Wildman–Crippen LogP) is 1.29. The number of fused-ring (bicyclic) bond motifs is 1. The highest BCUT2D eigenvalue weighted by Gasteiger charge is 2.37. The van der Waals surface area contributed by atoms with Crippen LogP contribution in [-0.2, 0) is 9.59 Å². The van der Waals surface area contributed by atoms with Crippen molar-refractivity contribution in [3.63, 3.8) is 0 Å². The average molecular weight is 380 g/mol. The van der Waals surface area contributed by atoms with E-state index in [0.29, 0.717) is 11.9 Å². The topological polar surface area (TPSA) is 98.3 Å². The summed E-state index contributed by atoms with van der Waals surface area (Å²) in [5, 5.41) is 19.2. The van der Waals surface area contributed by atoms with Gasteiger partial charge in [0, 0.05) is 13.0 Å². The summed E-state index contributed by atoms with van der Waals surface area (Å²) in [6.07, 6.45) is 2.65. The fourth-order valence-corrected chi connectivity index (χ4v) is 3.61. The van der Waals surface area contributed by atoms with Crippen molar-refractivity contribution in [2.24, 2.45) is 5.92 Å². The van der Waals surface area contributed by atoms with Crippen LogP contribution in [0.2, 0.25) is 0 Å². The summed E-state index contributed by atoms with van der Waals surface area (Å²) in [6, 6.07) is 4.22.